The van der Waals surface area contributed by atoms with Crippen molar-refractivity contribution in [3.05, 3.63) is 28.3 Å². The molecule has 3 N–H and O–H groups in total. The quantitative estimate of drug-likeness (QED) is 0.821. The molecule has 0 atom stereocenters. The van der Waals surface area contributed by atoms with Crippen LogP contribution in [-0.2, 0) is 0 Å². The monoisotopic (exact) mass is 220 g/mol. The summed E-state index contributed by atoms with van der Waals surface area (Å²) in [5.41, 5.74) is 12.3. The second-order valence-electron chi connectivity index (χ2n) is 5.35. The fraction of sp³-hybridized carbons (Fsp3) is 0.571. The summed E-state index contributed by atoms with van der Waals surface area (Å²) >= 11 is 0. The minimum atomic E-state index is -0.0598. The second-order valence-corrected chi connectivity index (χ2v) is 5.35. The molecule has 90 valence electrons. The number of aryl methyl sites for hydroxylation is 2. The second kappa shape index (κ2) is 4.46. The van der Waals surface area contributed by atoms with Crippen LogP contribution in [0.25, 0.3) is 0 Å². The van der Waals surface area contributed by atoms with Gasteiger partial charge in [-0.15, -0.1) is 0 Å². The first-order valence-corrected chi connectivity index (χ1v) is 5.84. The lowest BCUT2D eigenvalue weighted by atomic mass is 9.96. The number of nitrogens with two attached hydrogens (primary N) is 1. The molecule has 0 saturated heterocycles. The topological polar surface area (TPSA) is 38.0 Å². The van der Waals surface area contributed by atoms with E-state index in [0.717, 1.165) is 0 Å². The van der Waals surface area contributed by atoms with E-state index in [1.54, 1.807) is 0 Å². The number of hydrogen-bond acceptors (Lipinski definition) is 2. The van der Waals surface area contributed by atoms with Crippen LogP contribution in [0.15, 0.2) is 6.07 Å². The molecule has 2 heteroatoms. The first-order valence-electron chi connectivity index (χ1n) is 5.84. The average molecular weight is 220 g/mol. The largest absolute Gasteiger partial charge is 0.378 e. The summed E-state index contributed by atoms with van der Waals surface area (Å²) in [6, 6.07) is 2.24. The lowest BCUT2D eigenvalue weighted by Crippen LogP contribution is -2.39. The van der Waals surface area contributed by atoms with E-state index in [1.165, 1.54) is 27.9 Å². The molecule has 16 heavy (non-hydrogen) atoms. The van der Waals surface area contributed by atoms with Crippen LogP contribution in [0.4, 0.5) is 5.69 Å². The first-order chi connectivity index (χ1) is 7.28. The maximum absolute atomic E-state index is 5.77. The van der Waals surface area contributed by atoms with Crippen LogP contribution in [0.5, 0.6) is 0 Å². The van der Waals surface area contributed by atoms with Gasteiger partial charge < -0.3 is 11.1 Å². The van der Waals surface area contributed by atoms with Crippen molar-refractivity contribution in [1.29, 1.82) is 0 Å². The maximum Gasteiger partial charge on any atom is 0.0439 e. The van der Waals surface area contributed by atoms with Crippen molar-refractivity contribution in [2.45, 2.75) is 47.1 Å². The number of hydrogen-bond donors (Lipinski definition) is 2. The van der Waals surface area contributed by atoms with Crippen LogP contribution < -0.4 is 11.1 Å². The summed E-state index contributed by atoms with van der Waals surface area (Å²) in [5, 5.41) is 3.56. The number of anilines is 1. The Morgan fingerprint density at radius 2 is 1.50 bits per heavy atom. The third kappa shape index (κ3) is 2.56. The summed E-state index contributed by atoms with van der Waals surface area (Å²) < 4.78 is 0. The average Bonchev–Trinajstić information content (AvgIpc) is 2.22. The number of benzene rings is 1. The summed E-state index contributed by atoms with van der Waals surface area (Å²) in [6.45, 7) is 13.5. The lowest BCUT2D eigenvalue weighted by molar-refractivity contribution is 0.579. The van der Waals surface area contributed by atoms with Crippen molar-refractivity contribution < 1.29 is 0 Å². The SMILES string of the molecule is Cc1cc(C)c(C)c(NC(C)(C)CN)c1C. The Kier molecular flexibility index (Phi) is 3.64. The van der Waals surface area contributed by atoms with Gasteiger partial charge in [0.15, 0.2) is 0 Å². The molecular weight excluding hydrogens is 196 g/mol. The molecule has 0 spiro atoms. The van der Waals surface area contributed by atoms with Crippen molar-refractivity contribution in [3.8, 4) is 0 Å². The number of nitrogens with one attached hydrogen (secondary N) is 1. The molecule has 1 rings (SSSR count). The molecule has 0 aliphatic carbocycles. The van der Waals surface area contributed by atoms with Crippen LogP contribution in [-0.4, -0.2) is 12.1 Å². The van der Waals surface area contributed by atoms with E-state index in [4.69, 9.17) is 5.73 Å². The van der Waals surface area contributed by atoms with Gasteiger partial charge in [0.1, 0.15) is 0 Å². The highest BCUT2D eigenvalue weighted by molar-refractivity contribution is 5.63. The van der Waals surface area contributed by atoms with Crippen molar-refractivity contribution in [1.82, 2.24) is 0 Å². The Labute approximate surface area is 99.2 Å². The van der Waals surface area contributed by atoms with Gasteiger partial charge in [-0.25, -0.2) is 0 Å². The van der Waals surface area contributed by atoms with E-state index in [-0.39, 0.29) is 5.54 Å². The predicted octanol–water partition coefficient (Wildman–Crippen LogP) is 3.07. The smallest absolute Gasteiger partial charge is 0.0439 e. The molecule has 0 amide bonds. The van der Waals surface area contributed by atoms with Gasteiger partial charge >= 0.3 is 0 Å². The summed E-state index contributed by atoms with van der Waals surface area (Å²) in [7, 11) is 0. The zero-order chi connectivity index (χ0) is 12.5. The standard InChI is InChI=1S/C14H24N2/c1-9-7-10(2)12(4)13(11(9)3)16-14(5,6)8-15/h7,16H,8,15H2,1-6H3. The molecule has 0 fully saturated rings. The predicted molar refractivity (Wildman–Crippen MR) is 72.1 cm³/mol. The maximum atomic E-state index is 5.77. The molecule has 0 unspecified atom stereocenters. The molecular formula is C14H24N2. The van der Waals surface area contributed by atoms with Crippen LogP contribution in [0.2, 0.25) is 0 Å². The van der Waals surface area contributed by atoms with Crippen LogP contribution >= 0.6 is 0 Å². The molecule has 2 nitrogen and oxygen atoms in total. The molecule has 0 heterocycles. The summed E-state index contributed by atoms with van der Waals surface area (Å²) in [4.78, 5) is 0. The van der Waals surface area contributed by atoms with E-state index in [0.29, 0.717) is 6.54 Å². The first kappa shape index (κ1) is 13.0. The van der Waals surface area contributed by atoms with Crippen molar-refractivity contribution >= 4 is 5.69 Å². The minimum Gasteiger partial charge on any atom is -0.378 e. The molecule has 0 aromatic heterocycles. The Hall–Kier alpha value is -1.02. The normalized spacial score (nSPS) is 11.7. The van der Waals surface area contributed by atoms with E-state index >= 15 is 0 Å². The Bertz CT molecular complexity index is 366. The Morgan fingerprint density at radius 1 is 1.06 bits per heavy atom. The van der Waals surface area contributed by atoms with Gasteiger partial charge in [-0.05, 0) is 63.8 Å². The fourth-order valence-corrected chi connectivity index (χ4v) is 1.79. The van der Waals surface area contributed by atoms with Gasteiger partial charge in [0, 0.05) is 17.8 Å². The zero-order valence-electron chi connectivity index (χ0n) is 11.4. The van der Waals surface area contributed by atoms with Crippen LogP contribution in [0.1, 0.15) is 36.1 Å². The van der Waals surface area contributed by atoms with E-state index < -0.39 is 0 Å². The molecule has 1 aromatic rings. The van der Waals surface area contributed by atoms with Gasteiger partial charge in [-0.2, -0.15) is 0 Å². The highest BCUT2D eigenvalue weighted by atomic mass is 15.0. The number of rotatable bonds is 3. The van der Waals surface area contributed by atoms with Gasteiger partial charge in [0.2, 0.25) is 0 Å². The molecule has 1 aromatic carbocycles. The summed E-state index contributed by atoms with van der Waals surface area (Å²) in [5.74, 6) is 0. The van der Waals surface area contributed by atoms with Gasteiger partial charge in [0.25, 0.3) is 0 Å². The highest BCUT2D eigenvalue weighted by Crippen LogP contribution is 2.28. The van der Waals surface area contributed by atoms with Crippen LogP contribution in [0.3, 0.4) is 0 Å². The van der Waals surface area contributed by atoms with Gasteiger partial charge in [-0.1, -0.05) is 6.07 Å². The summed E-state index contributed by atoms with van der Waals surface area (Å²) in [6.07, 6.45) is 0. The third-order valence-corrected chi connectivity index (χ3v) is 3.34. The zero-order valence-corrected chi connectivity index (χ0v) is 11.4. The highest BCUT2D eigenvalue weighted by Gasteiger charge is 2.18. The molecule has 0 saturated carbocycles. The van der Waals surface area contributed by atoms with Gasteiger partial charge in [0.05, 0.1) is 0 Å². The van der Waals surface area contributed by atoms with E-state index in [9.17, 15) is 0 Å². The van der Waals surface area contributed by atoms with Crippen molar-refractivity contribution in [3.63, 3.8) is 0 Å². The molecule has 0 bridgehead atoms. The van der Waals surface area contributed by atoms with E-state index in [2.05, 4.69) is 52.9 Å². The van der Waals surface area contributed by atoms with Crippen LogP contribution in [0, 0.1) is 27.7 Å². The fourth-order valence-electron chi connectivity index (χ4n) is 1.79. The van der Waals surface area contributed by atoms with Crippen molar-refractivity contribution in [2.75, 3.05) is 11.9 Å². The molecule has 0 aliphatic heterocycles. The Balaban J connectivity index is 3.23. The van der Waals surface area contributed by atoms with Crippen molar-refractivity contribution in [2.24, 2.45) is 5.73 Å². The molecule has 0 aliphatic rings. The minimum absolute atomic E-state index is 0.0598. The van der Waals surface area contributed by atoms with E-state index in [1.807, 2.05) is 0 Å². The Morgan fingerprint density at radius 3 is 1.88 bits per heavy atom. The molecule has 0 radical (unpaired) electrons. The lowest BCUT2D eigenvalue weighted by Gasteiger charge is -2.29. The van der Waals surface area contributed by atoms with Gasteiger partial charge in [-0.3, -0.25) is 0 Å². The third-order valence-electron chi connectivity index (χ3n) is 3.34.